The van der Waals surface area contributed by atoms with Gasteiger partial charge in [0.05, 0.1) is 5.60 Å². The molecule has 1 atom stereocenters. The molecule has 0 bridgehead atoms. The molecule has 1 fully saturated rings. The lowest BCUT2D eigenvalue weighted by Gasteiger charge is -2.36. The van der Waals surface area contributed by atoms with Crippen LogP contribution in [0.5, 0.6) is 0 Å². The first kappa shape index (κ1) is 12.7. The first-order chi connectivity index (χ1) is 9.14. The van der Waals surface area contributed by atoms with Crippen molar-refractivity contribution in [1.29, 1.82) is 0 Å². The van der Waals surface area contributed by atoms with E-state index in [0.717, 1.165) is 26.0 Å². The number of hydrogen-bond donors (Lipinski definition) is 2. The monoisotopic (exact) mass is 258 g/mol. The number of nitrogens with one attached hydrogen (secondary N) is 2. The summed E-state index contributed by atoms with van der Waals surface area (Å²) in [6.45, 7) is 6.12. The van der Waals surface area contributed by atoms with Gasteiger partial charge in [-0.05, 0) is 43.7 Å². The molecule has 0 saturated carbocycles. The Morgan fingerprint density at radius 3 is 3.11 bits per heavy atom. The maximum atomic E-state index is 5.76. The standard InChI is InChI=1S/C16H22N2O/c1-16(2)10-14(7-9-19-16)18-11-13-5-3-4-12-6-8-17-15(12)13/h3-6,8,14,17-18H,7,9-11H2,1-2H3. The van der Waals surface area contributed by atoms with Crippen LogP contribution in [0.15, 0.2) is 30.5 Å². The quantitative estimate of drug-likeness (QED) is 0.887. The van der Waals surface area contributed by atoms with Crippen LogP contribution < -0.4 is 5.32 Å². The minimum atomic E-state index is 0.00829. The van der Waals surface area contributed by atoms with E-state index in [0.29, 0.717) is 6.04 Å². The maximum absolute atomic E-state index is 5.76. The number of benzene rings is 1. The van der Waals surface area contributed by atoms with Gasteiger partial charge in [0.1, 0.15) is 0 Å². The van der Waals surface area contributed by atoms with Gasteiger partial charge in [-0.25, -0.2) is 0 Å². The third-order valence-electron chi connectivity index (χ3n) is 3.95. The minimum Gasteiger partial charge on any atom is -0.375 e. The molecule has 1 aromatic carbocycles. The zero-order chi connectivity index (χ0) is 13.3. The van der Waals surface area contributed by atoms with Crippen molar-refractivity contribution in [3.8, 4) is 0 Å². The Bertz CT molecular complexity index is 559. The predicted octanol–water partition coefficient (Wildman–Crippen LogP) is 3.22. The Balaban J connectivity index is 1.67. The Morgan fingerprint density at radius 1 is 1.37 bits per heavy atom. The van der Waals surface area contributed by atoms with Crippen LogP contribution in [0.3, 0.4) is 0 Å². The molecule has 3 rings (SSSR count). The van der Waals surface area contributed by atoms with Crippen LogP contribution in [-0.2, 0) is 11.3 Å². The summed E-state index contributed by atoms with van der Waals surface area (Å²) in [6, 6.07) is 9.13. The molecule has 0 amide bonds. The molecule has 1 aromatic heterocycles. The SMILES string of the molecule is CC1(C)CC(NCc2cccc3cc[nH]c23)CCO1. The van der Waals surface area contributed by atoms with Gasteiger partial charge in [0.2, 0.25) is 0 Å². The Kier molecular flexibility index (Phi) is 3.33. The molecule has 2 heterocycles. The van der Waals surface area contributed by atoms with Crippen molar-refractivity contribution < 1.29 is 4.74 Å². The van der Waals surface area contributed by atoms with Gasteiger partial charge in [0.25, 0.3) is 0 Å². The molecular weight excluding hydrogens is 236 g/mol. The molecule has 2 N–H and O–H groups in total. The van der Waals surface area contributed by atoms with Gasteiger partial charge in [0.15, 0.2) is 0 Å². The fourth-order valence-corrected chi connectivity index (χ4v) is 2.96. The van der Waals surface area contributed by atoms with E-state index >= 15 is 0 Å². The molecule has 102 valence electrons. The minimum absolute atomic E-state index is 0.00829. The second-order valence-corrected chi connectivity index (χ2v) is 6.04. The van der Waals surface area contributed by atoms with Crippen molar-refractivity contribution in [2.45, 2.75) is 44.9 Å². The third kappa shape index (κ3) is 2.82. The lowest BCUT2D eigenvalue weighted by molar-refractivity contribution is -0.0630. The van der Waals surface area contributed by atoms with Gasteiger partial charge in [-0.1, -0.05) is 18.2 Å². The summed E-state index contributed by atoms with van der Waals surface area (Å²) in [5.41, 5.74) is 2.60. The van der Waals surface area contributed by atoms with Crippen molar-refractivity contribution in [3.05, 3.63) is 36.0 Å². The molecular formula is C16H22N2O. The van der Waals surface area contributed by atoms with Crippen molar-refractivity contribution in [1.82, 2.24) is 10.3 Å². The normalized spacial score (nSPS) is 22.7. The van der Waals surface area contributed by atoms with Gasteiger partial charge in [-0.2, -0.15) is 0 Å². The van der Waals surface area contributed by atoms with Gasteiger partial charge < -0.3 is 15.0 Å². The molecule has 1 saturated heterocycles. The zero-order valence-corrected chi connectivity index (χ0v) is 11.7. The van der Waals surface area contributed by atoms with E-state index in [-0.39, 0.29) is 5.60 Å². The average Bonchev–Trinajstić information content (AvgIpc) is 2.84. The fourth-order valence-electron chi connectivity index (χ4n) is 2.96. The van der Waals surface area contributed by atoms with Crippen molar-refractivity contribution in [2.75, 3.05) is 6.61 Å². The van der Waals surface area contributed by atoms with Crippen LogP contribution in [0, 0.1) is 0 Å². The maximum Gasteiger partial charge on any atom is 0.0641 e. The third-order valence-corrected chi connectivity index (χ3v) is 3.95. The fraction of sp³-hybridized carbons (Fsp3) is 0.500. The van der Waals surface area contributed by atoms with E-state index in [9.17, 15) is 0 Å². The largest absolute Gasteiger partial charge is 0.375 e. The highest BCUT2D eigenvalue weighted by Crippen LogP contribution is 2.24. The number of H-pyrrole nitrogens is 1. The summed E-state index contributed by atoms with van der Waals surface area (Å²) in [4.78, 5) is 3.33. The van der Waals surface area contributed by atoms with Gasteiger partial charge >= 0.3 is 0 Å². The summed E-state index contributed by atoms with van der Waals surface area (Å²) < 4.78 is 5.76. The number of hydrogen-bond acceptors (Lipinski definition) is 2. The van der Waals surface area contributed by atoms with Crippen molar-refractivity contribution in [3.63, 3.8) is 0 Å². The molecule has 0 aliphatic carbocycles. The van der Waals surface area contributed by atoms with Crippen LogP contribution in [0.4, 0.5) is 0 Å². The van der Waals surface area contributed by atoms with E-state index in [4.69, 9.17) is 4.74 Å². The molecule has 1 unspecified atom stereocenters. The molecule has 0 radical (unpaired) electrons. The Hall–Kier alpha value is -1.32. The van der Waals surface area contributed by atoms with Gasteiger partial charge in [-0.3, -0.25) is 0 Å². The molecule has 1 aliphatic rings. The summed E-state index contributed by atoms with van der Waals surface area (Å²) >= 11 is 0. The molecule has 1 aliphatic heterocycles. The molecule has 3 nitrogen and oxygen atoms in total. The second kappa shape index (κ2) is 4.99. The lowest BCUT2D eigenvalue weighted by Crippen LogP contribution is -2.43. The van der Waals surface area contributed by atoms with Crippen LogP contribution in [-0.4, -0.2) is 23.2 Å². The van der Waals surface area contributed by atoms with E-state index in [2.05, 4.69) is 48.4 Å². The zero-order valence-electron chi connectivity index (χ0n) is 11.7. The van der Waals surface area contributed by atoms with E-state index < -0.39 is 0 Å². The topological polar surface area (TPSA) is 37.0 Å². The van der Waals surface area contributed by atoms with E-state index in [1.807, 2.05) is 6.20 Å². The first-order valence-electron chi connectivity index (χ1n) is 7.06. The molecule has 2 aromatic rings. The second-order valence-electron chi connectivity index (χ2n) is 6.04. The van der Waals surface area contributed by atoms with Gasteiger partial charge in [0, 0.05) is 30.9 Å². The van der Waals surface area contributed by atoms with Crippen molar-refractivity contribution >= 4 is 10.9 Å². The Labute approximate surface area is 114 Å². The average molecular weight is 258 g/mol. The number of rotatable bonds is 3. The highest BCUT2D eigenvalue weighted by molar-refractivity contribution is 5.82. The van der Waals surface area contributed by atoms with Crippen molar-refractivity contribution in [2.24, 2.45) is 0 Å². The number of aromatic amines is 1. The molecule has 0 spiro atoms. The van der Waals surface area contributed by atoms with Gasteiger partial charge in [-0.15, -0.1) is 0 Å². The van der Waals surface area contributed by atoms with Crippen LogP contribution in [0.1, 0.15) is 32.3 Å². The highest BCUT2D eigenvalue weighted by Gasteiger charge is 2.28. The number of ether oxygens (including phenoxy) is 1. The number of fused-ring (bicyclic) bond motifs is 1. The summed E-state index contributed by atoms with van der Waals surface area (Å²) in [5, 5.41) is 4.96. The lowest BCUT2D eigenvalue weighted by atomic mass is 9.94. The molecule has 3 heteroatoms. The highest BCUT2D eigenvalue weighted by atomic mass is 16.5. The summed E-state index contributed by atoms with van der Waals surface area (Å²) in [5.74, 6) is 0. The van der Waals surface area contributed by atoms with E-state index in [1.165, 1.54) is 16.5 Å². The summed E-state index contributed by atoms with van der Waals surface area (Å²) in [7, 11) is 0. The molecule has 19 heavy (non-hydrogen) atoms. The van der Waals surface area contributed by atoms with E-state index in [1.54, 1.807) is 0 Å². The van der Waals surface area contributed by atoms with Crippen LogP contribution in [0.25, 0.3) is 10.9 Å². The number of aromatic nitrogens is 1. The van der Waals surface area contributed by atoms with Crippen LogP contribution >= 0.6 is 0 Å². The Morgan fingerprint density at radius 2 is 2.26 bits per heavy atom. The summed E-state index contributed by atoms with van der Waals surface area (Å²) in [6.07, 6.45) is 4.18. The smallest absolute Gasteiger partial charge is 0.0641 e. The first-order valence-corrected chi connectivity index (χ1v) is 7.06. The predicted molar refractivity (Wildman–Crippen MR) is 78.2 cm³/mol. The number of para-hydroxylation sites is 1. The van der Waals surface area contributed by atoms with Crippen LogP contribution in [0.2, 0.25) is 0 Å².